The topological polar surface area (TPSA) is 104 Å². The van der Waals surface area contributed by atoms with Crippen LogP contribution in [0.25, 0.3) is 0 Å². The van der Waals surface area contributed by atoms with Crippen LogP contribution in [0, 0.1) is 0 Å². The number of nitrogens with one attached hydrogen (secondary N) is 2. The number of aromatic amines is 1. The zero-order valence-corrected chi connectivity index (χ0v) is 15.3. The molecule has 2 heterocycles. The highest BCUT2D eigenvalue weighted by molar-refractivity contribution is 5.77. The normalized spacial score (nSPS) is 19.7. The van der Waals surface area contributed by atoms with Gasteiger partial charge in [0, 0.05) is 31.6 Å². The third-order valence-electron chi connectivity index (χ3n) is 5.62. The smallest absolute Gasteiger partial charge is 0.254 e. The summed E-state index contributed by atoms with van der Waals surface area (Å²) in [5.41, 5.74) is 8.09. The average Bonchev–Trinajstić information content (AvgIpc) is 3.04. The van der Waals surface area contributed by atoms with Crippen molar-refractivity contribution in [3.8, 4) is 0 Å². The number of anilines is 2. The number of piperidine rings is 1. The molecule has 0 unspecified atom stereocenters. The molecule has 0 bridgehead atoms. The summed E-state index contributed by atoms with van der Waals surface area (Å²) >= 11 is 0. The third-order valence-corrected chi connectivity index (χ3v) is 5.62. The number of rotatable bonds is 4. The van der Waals surface area contributed by atoms with Gasteiger partial charge in [-0.2, -0.15) is 4.98 Å². The van der Waals surface area contributed by atoms with Gasteiger partial charge in [0.05, 0.1) is 0 Å². The van der Waals surface area contributed by atoms with Gasteiger partial charge < -0.3 is 16.0 Å². The van der Waals surface area contributed by atoms with Crippen LogP contribution in [-0.2, 0) is 11.2 Å². The van der Waals surface area contributed by atoms with E-state index >= 15 is 0 Å². The number of benzene rings is 1. The molecule has 27 heavy (non-hydrogen) atoms. The number of aromatic nitrogens is 2. The van der Waals surface area contributed by atoms with Crippen molar-refractivity contribution < 1.29 is 4.79 Å². The van der Waals surface area contributed by atoms with E-state index in [-0.39, 0.29) is 23.5 Å². The second-order valence-corrected chi connectivity index (χ2v) is 7.46. The molecule has 0 spiro atoms. The Labute approximate surface area is 158 Å². The molecule has 0 saturated carbocycles. The van der Waals surface area contributed by atoms with Crippen molar-refractivity contribution in [3.63, 3.8) is 0 Å². The summed E-state index contributed by atoms with van der Waals surface area (Å²) in [7, 11) is 0. The number of H-pyrrole nitrogens is 1. The number of nitrogen functional groups attached to an aromatic ring is 1. The van der Waals surface area contributed by atoms with Crippen molar-refractivity contribution in [1.29, 1.82) is 0 Å². The number of hydrogen-bond donors (Lipinski definition) is 3. The van der Waals surface area contributed by atoms with Crippen LogP contribution in [0.5, 0.6) is 0 Å². The van der Waals surface area contributed by atoms with Gasteiger partial charge in [-0.05, 0) is 42.7 Å². The van der Waals surface area contributed by atoms with E-state index in [1.54, 1.807) is 0 Å². The van der Waals surface area contributed by atoms with Crippen LogP contribution in [0.1, 0.15) is 42.7 Å². The Morgan fingerprint density at radius 1 is 1.26 bits per heavy atom. The van der Waals surface area contributed by atoms with Gasteiger partial charge in [0.25, 0.3) is 5.56 Å². The Balaban J connectivity index is 1.29. The summed E-state index contributed by atoms with van der Waals surface area (Å²) in [5, 5.41) is 3.19. The molecule has 1 atom stereocenters. The standard InChI is InChI=1S/C20H25N5O2/c21-20-23-17(12-19(27)24-20)25-9-7-15(8-10-25)22-18(26)11-14-6-5-13-3-1-2-4-16(13)14/h1-4,12,14-15H,5-11H2,(H,22,26)(H3,21,23,24,27)/t14-/m0/s1. The van der Waals surface area contributed by atoms with Crippen LogP contribution in [-0.4, -0.2) is 35.0 Å². The monoisotopic (exact) mass is 367 g/mol. The summed E-state index contributed by atoms with van der Waals surface area (Å²) in [6.45, 7) is 1.49. The van der Waals surface area contributed by atoms with Gasteiger partial charge in [-0.3, -0.25) is 14.6 Å². The Morgan fingerprint density at radius 2 is 2.04 bits per heavy atom. The Bertz CT molecular complexity index is 886. The molecule has 7 heteroatoms. The van der Waals surface area contributed by atoms with Gasteiger partial charge in [-0.1, -0.05) is 24.3 Å². The molecule has 142 valence electrons. The Kier molecular flexibility index (Phi) is 4.83. The summed E-state index contributed by atoms with van der Waals surface area (Å²) < 4.78 is 0. The first-order chi connectivity index (χ1) is 13.1. The molecule has 4 rings (SSSR count). The summed E-state index contributed by atoms with van der Waals surface area (Å²) in [6, 6.07) is 10.1. The second-order valence-electron chi connectivity index (χ2n) is 7.46. The first-order valence-electron chi connectivity index (χ1n) is 9.57. The van der Waals surface area contributed by atoms with Crippen molar-refractivity contribution >= 4 is 17.7 Å². The van der Waals surface area contributed by atoms with Crippen molar-refractivity contribution in [2.45, 2.75) is 44.1 Å². The molecular formula is C20H25N5O2. The van der Waals surface area contributed by atoms with E-state index in [2.05, 4.69) is 39.6 Å². The number of hydrogen-bond acceptors (Lipinski definition) is 5. The third kappa shape index (κ3) is 3.97. The highest BCUT2D eigenvalue weighted by atomic mass is 16.1. The fourth-order valence-corrected chi connectivity index (χ4v) is 4.25. The van der Waals surface area contributed by atoms with E-state index in [4.69, 9.17) is 5.73 Å². The average molecular weight is 367 g/mol. The second kappa shape index (κ2) is 7.42. The van der Waals surface area contributed by atoms with Crippen molar-refractivity contribution in [2.24, 2.45) is 0 Å². The molecule has 1 saturated heterocycles. The molecular weight excluding hydrogens is 342 g/mol. The Morgan fingerprint density at radius 3 is 2.81 bits per heavy atom. The van der Waals surface area contributed by atoms with Gasteiger partial charge in [0.15, 0.2) is 0 Å². The van der Waals surface area contributed by atoms with E-state index in [1.807, 2.05) is 4.90 Å². The predicted octanol–water partition coefficient (Wildman–Crippen LogP) is 1.56. The van der Waals surface area contributed by atoms with Crippen molar-refractivity contribution in [3.05, 3.63) is 51.8 Å². The molecule has 1 fully saturated rings. The highest BCUT2D eigenvalue weighted by Crippen LogP contribution is 2.35. The number of carbonyl (C=O) groups is 1. The number of fused-ring (bicyclic) bond motifs is 1. The minimum atomic E-state index is -0.246. The maximum absolute atomic E-state index is 12.5. The van der Waals surface area contributed by atoms with Crippen molar-refractivity contribution in [2.75, 3.05) is 23.7 Å². The Hall–Kier alpha value is -2.83. The number of carbonyl (C=O) groups excluding carboxylic acids is 1. The fourth-order valence-electron chi connectivity index (χ4n) is 4.25. The lowest BCUT2D eigenvalue weighted by Crippen LogP contribution is -2.45. The molecule has 0 radical (unpaired) electrons. The highest BCUT2D eigenvalue weighted by Gasteiger charge is 2.26. The van der Waals surface area contributed by atoms with Crippen LogP contribution < -0.4 is 21.5 Å². The summed E-state index contributed by atoms with van der Waals surface area (Å²) in [5.74, 6) is 1.20. The molecule has 4 N–H and O–H groups in total. The van der Waals surface area contributed by atoms with Crippen molar-refractivity contribution in [1.82, 2.24) is 15.3 Å². The predicted molar refractivity (Wildman–Crippen MR) is 105 cm³/mol. The number of nitrogens with two attached hydrogens (primary N) is 1. The molecule has 7 nitrogen and oxygen atoms in total. The van der Waals surface area contributed by atoms with Gasteiger partial charge in [-0.15, -0.1) is 0 Å². The SMILES string of the molecule is Nc1nc(N2CCC(NC(=O)C[C@@H]3CCc4ccccc43)CC2)cc(=O)[nH]1. The van der Waals surface area contributed by atoms with Gasteiger partial charge in [0.1, 0.15) is 5.82 Å². The lowest BCUT2D eigenvalue weighted by molar-refractivity contribution is -0.122. The zero-order valence-electron chi connectivity index (χ0n) is 15.3. The molecule has 1 aliphatic heterocycles. The molecule has 2 aromatic rings. The minimum Gasteiger partial charge on any atom is -0.369 e. The van der Waals surface area contributed by atoms with E-state index in [1.165, 1.54) is 17.2 Å². The molecule has 1 aromatic carbocycles. The first-order valence-corrected chi connectivity index (χ1v) is 9.57. The van der Waals surface area contributed by atoms with Crippen LogP contribution >= 0.6 is 0 Å². The maximum atomic E-state index is 12.5. The van der Waals surface area contributed by atoms with E-state index in [0.717, 1.165) is 38.8 Å². The largest absolute Gasteiger partial charge is 0.369 e. The maximum Gasteiger partial charge on any atom is 0.254 e. The molecule has 1 aliphatic carbocycles. The van der Waals surface area contributed by atoms with Crippen LogP contribution in [0.15, 0.2) is 35.1 Å². The lowest BCUT2D eigenvalue weighted by Gasteiger charge is -2.33. The van der Waals surface area contributed by atoms with Crippen LogP contribution in [0.2, 0.25) is 0 Å². The van der Waals surface area contributed by atoms with Gasteiger partial charge in [0.2, 0.25) is 11.9 Å². The van der Waals surface area contributed by atoms with Gasteiger partial charge >= 0.3 is 0 Å². The van der Waals surface area contributed by atoms with Crippen LogP contribution in [0.3, 0.4) is 0 Å². The summed E-state index contributed by atoms with van der Waals surface area (Å²) in [4.78, 5) is 32.8. The first kappa shape index (κ1) is 17.6. The minimum absolute atomic E-state index is 0.129. The van der Waals surface area contributed by atoms with Crippen LogP contribution in [0.4, 0.5) is 11.8 Å². The molecule has 1 aromatic heterocycles. The molecule has 2 aliphatic rings. The zero-order chi connectivity index (χ0) is 18.8. The quantitative estimate of drug-likeness (QED) is 0.761. The lowest BCUT2D eigenvalue weighted by atomic mass is 9.97. The molecule has 1 amide bonds. The fraction of sp³-hybridized carbons (Fsp3) is 0.450. The van der Waals surface area contributed by atoms with E-state index in [0.29, 0.717) is 18.2 Å². The van der Waals surface area contributed by atoms with E-state index < -0.39 is 0 Å². The van der Waals surface area contributed by atoms with E-state index in [9.17, 15) is 9.59 Å². The number of nitrogens with zero attached hydrogens (tertiary/aromatic N) is 2. The van der Waals surface area contributed by atoms with Gasteiger partial charge in [-0.25, -0.2) is 0 Å². The summed E-state index contributed by atoms with van der Waals surface area (Å²) in [6.07, 6.45) is 4.35. The number of aryl methyl sites for hydroxylation is 1. The number of amides is 1.